The standard InChI is InChI=1S/C20H19F2NO5/c21-14-5-8-17(16(22)10-14)28-15-6-3-12(4-7-15)19(24)23-18(20(25)26)13-2-1-9-27-11-13/h3-8,10,13,18H,1-2,9,11H2,(H,23,24)(H,25,26). The number of nitrogens with one attached hydrogen (secondary N) is 1. The van der Waals surface area contributed by atoms with E-state index in [4.69, 9.17) is 9.47 Å². The summed E-state index contributed by atoms with van der Waals surface area (Å²) in [5, 5.41) is 11.9. The average molecular weight is 391 g/mol. The molecular weight excluding hydrogens is 372 g/mol. The van der Waals surface area contributed by atoms with Crippen LogP contribution >= 0.6 is 0 Å². The largest absolute Gasteiger partial charge is 0.480 e. The number of halogens is 2. The summed E-state index contributed by atoms with van der Waals surface area (Å²) >= 11 is 0. The van der Waals surface area contributed by atoms with Crippen LogP contribution in [0.4, 0.5) is 8.78 Å². The summed E-state index contributed by atoms with van der Waals surface area (Å²) in [7, 11) is 0. The quantitative estimate of drug-likeness (QED) is 0.789. The van der Waals surface area contributed by atoms with Crippen LogP contribution in [-0.4, -0.2) is 36.2 Å². The fourth-order valence-corrected chi connectivity index (χ4v) is 2.99. The number of carbonyl (C=O) groups is 2. The number of ether oxygens (including phenoxy) is 2. The molecule has 6 nitrogen and oxygen atoms in total. The molecule has 0 aromatic heterocycles. The summed E-state index contributed by atoms with van der Waals surface area (Å²) in [4.78, 5) is 23.9. The Morgan fingerprint density at radius 3 is 2.54 bits per heavy atom. The first-order valence-corrected chi connectivity index (χ1v) is 8.78. The van der Waals surface area contributed by atoms with Crippen LogP contribution in [0.5, 0.6) is 11.5 Å². The van der Waals surface area contributed by atoms with Crippen LogP contribution in [0.15, 0.2) is 42.5 Å². The molecule has 28 heavy (non-hydrogen) atoms. The Hall–Kier alpha value is -3.00. The maximum atomic E-state index is 13.6. The third kappa shape index (κ3) is 4.83. The van der Waals surface area contributed by atoms with E-state index in [9.17, 15) is 23.5 Å². The van der Waals surface area contributed by atoms with E-state index in [0.29, 0.717) is 19.1 Å². The minimum Gasteiger partial charge on any atom is -0.480 e. The second kappa shape index (κ2) is 8.79. The van der Waals surface area contributed by atoms with Gasteiger partial charge in [-0.25, -0.2) is 13.6 Å². The highest BCUT2D eigenvalue weighted by Crippen LogP contribution is 2.25. The lowest BCUT2D eigenvalue weighted by molar-refractivity contribution is -0.142. The van der Waals surface area contributed by atoms with E-state index >= 15 is 0 Å². The highest BCUT2D eigenvalue weighted by Gasteiger charge is 2.31. The van der Waals surface area contributed by atoms with Crippen molar-refractivity contribution in [2.24, 2.45) is 5.92 Å². The number of carboxylic acid groups (broad SMARTS) is 1. The van der Waals surface area contributed by atoms with Gasteiger partial charge in [-0.2, -0.15) is 0 Å². The van der Waals surface area contributed by atoms with Gasteiger partial charge in [0.15, 0.2) is 11.6 Å². The predicted octanol–water partition coefficient (Wildman–Crippen LogP) is 3.37. The fraction of sp³-hybridized carbons (Fsp3) is 0.300. The SMILES string of the molecule is O=C(NC(C(=O)O)C1CCCOC1)c1ccc(Oc2ccc(F)cc2F)cc1. The molecule has 2 N–H and O–H groups in total. The summed E-state index contributed by atoms with van der Waals surface area (Å²) in [6.45, 7) is 0.875. The molecule has 0 radical (unpaired) electrons. The lowest BCUT2D eigenvalue weighted by atomic mass is 9.93. The smallest absolute Gasteiger partial charge is 0.326 e. The van der Waals surface area contributed by atoms with Crippen molar-refractivity contribution in [3.63, 3.8) is 0 Å². The van der Waals surface area contributed by atoms with Gasteiger partial charge in [0.1, 0.15) is 17.6 Å². The van der Waals surface area contributed by atoms with Crippen molar-refractivity contribution in [3.8, 4) is 11.5 Å². The third-order valence-electron chi connectivity index (χ3n) is 4.46. The molecule has 1 heterocycles. The molecule has 3 rings (SSSR count). The number of hydrogen-bond donors (Lipinski definition) is 2. The molecule has 0 aliphatic carbocycles. The number of aliphatic carboxylic acids is 1. The van der Waals surface area contributed by atoms with Crippen LogP contribution in [0.2, 0.25) is 0 Å². The Balaban J connectivity index is 1.66. The van der Waals surface area contributed by atoms with E-state index in [1.807, 2.05) is 0 Å². The van der Waals surface area contributed by atoms with Crippen molar-refractivity contribution in [2.75, 3.05) is 13.2 Å². The summed E-state index contributed by atoms with van der Waals surface area (Å²) in [6, 6.07) is 7.64. The minimum atomic E-state index is -1.12. The van der Waals surface area contributed by atoms with Crippen molar-refractivity contribution in [1.29, 1.82) is 0 Å². The zero-order valence-corrected chi connectivity index (χ0v) is 14.9. The van der Waals surface area contributed by atoms with E-state index in [2.05, 4.69) is 5.32 Å². The molecule has 1 aliphatic rings. The Bertz CT molecular complexity index is 850. The Morgan fingerprint density at radius 2 is 1.93 bits per heavy atom. The van der Waals surface area contributed by atoms with Crippen molar-refractivity contribution in [2.45, 2.75) is 18.9 Å². The first kappa shape index (κ1) is 19.8. The number of hydrogen-bond acceptors (Lipinski definition) is 4. The maximum Gasteiger partial charge on any atom is 0.326 e. The molecule has 0 saturated carbocycles. The number of benzene rings is 2. The van der Waals surface area contributed by atoms with Crippen molar-refractivity contribution < 1.29 is 33.0 Å². The molecule has 8 heteroatoms. The Morgan fingerprint density at radius 1 is 1.18 bits per heavy atom. The third-order valence-corrected chi connectivity index (χ3v) is 4.46. The summed E-state index contributed by atoms with van der Waals surface area (Å²) in [5.41, 5.74) is 0.231. The number of carbonyl (C=O) groups excluding carboxylic acids is 1. The molecule has 1 fully saturated rings. The van der Waals surface area contributed by atoms with Gasteiger partial charge in [0.25, 0.3) is 5.91 Å². The molecule has 1 aliphatic heterocycles. The van der Waals surface area contributed by atoms with Crippen LogP contribution < -0.4 is 10.1 Å². The van der Waals surface area contributed by atoms with E-state index in [0.717, 1.165) is 18.6 Å². The molecule has 1 amide bonds. The van der Waals surface area contributed by atoms with Crippen LogP contribution in [0.3, 0.4) is 0 Å². The van der Waals surface area contributed by atoms with E-state index < -0.39 is 29.6 Å². The second-order valence-electron chi connectivity index (χ2n) is 6.47. The molecule has 1 saturated heterocycles. The molecular formula is C20H19F2NO5. The number of amides is 1. The van der Waals surface area contributed by atoms with Crippen molar-refractivity contribution in [3.05, 3.63) is 59.7 Å². The first-order valence-electron chi connectivity index (χ1n) is 8.78. The lowest BCUT2D eigenvalue weighted by Gasteiger charge is -2.28. The molecule has 2 aromatic carbocycles. The van der Waals surface area contributed by atoms with E-state index in [1.165, 1.54) is 24.3 Å². The van der Waals surface area contributed by atoms with Crippen molar-refractivity contribution >= 4 is 11.9 Å². The average Bonchev–Trinajstić information content (AvgIpc) is 2.69. The first-order chi connectivity index (χ1) is 13.4. The van der Waals surface area contributed by atoms with Gasteiger partial charge >= 0.3 is 5.97 Å². The van der Waals surface area contributed by atoms with Gasteiger partial charge in [0.2, 0.25) is 0 Å². The Labute approximate surface area is 160 Å². The van der Waals surface area contributed by atoms with Gasteiger partial charge < -0.3 is 19.9 Å². The maximum absolute atomic E-state index is 13.6. The Kier molecular flexibility index (Phi) is 6.20. The highest BCUT2D eigenvalue weighted by atomic mass is 19.1. The van der Waals surface area contributed by atoms with Gasteiger partial charge in [0.05, 0.1) is 6.61 Å². The van der Waals surface area contributed by atoms with Crippen LogP contribution in [0.1, 0.15) is 23.2 Å². The highest BCUT2D eigenvalue weighted by molar-refractivity contribution is 5.96. The van der Waals surface area contributed by atoms with Gasteiger partial charge in [-0.05, 0) is 49.2 Å². The molecule has 2 unspecified atom stereocenters. The second-order valence-corrected chi connectivity index (χ2v) is 6.47. The molecule has 2 atom stereocenters. The summed E-state index contributed by atoms with van der Waals surface area (Å²) < 4.78 is 37.2. The zero-order chi connectivity index (χ0) is 20.1. The molecule has 0 spiro atoms. The van der Waals surface area contributed by atoms with Gasteiger partial charge in [-0.3, -0.25) is 4.79 Å². The lowest BCUT2D eigenvalue weighted by Crippen LogP contribution is -2.48. The van der Waals surface area contributed by atoms with E-state index in [1.54, 1.807) is 0 Å². The van der Waals surface area contributed by atoms with Gasteiger partial charge in [-0.1, -0.05) is 0 Å². The molecule has 148 valence electrons. The molecule has 2 aromatic rings. The van der Waals surface area contributed by atoms with Crippen LogP contribution in [0.25, 0.3) is 0 Å². The van der Waals surface area contributed by atoms with Gasteiger partial charge in [0, 0.05) is 24.2 Å². The molecule has 0 bridgehead atoms. The summed E-state index contributed by atoms with van der Waals surface area (Å²) in [6.07, 6.45) is 1.41. The number of carboxylic acids is 1. The zero-order valence-electron chi connectivity index (χ0n) is 14.9. The van der Waals surface area contributed by atoms with Crippen LogP contribution in [0, 0.1) is 17.6 Å². The van der Waals surface area contributed by atoms with Gasteiger partial charge in [-0.15, -0.1) is 0 Å². The number of rotatable bonds is 6. The predicted molar refractivity (Wildman–Crippen MR) is 95.3 cm³/mol. The topological polar surface area (TPSA) is 84.9 Å². The monoisotopic (exact) mass is 391 g/mol. The summed E-state index contributed by atoms with van der Waals surface area (Å²) in [5.74, 6) is -3.42. The fourth-order valence-electron chi connectivity index (χ4n) is 2.99. The van der Waals surface area contributed by atoms with E-state index in [-0.39, 0.29) is 29.6 Å². The van der Waals surface area contributed by atoms with Crippen molar-refractivity contribution in [1.82, 2.24) is 5.32 Å². The normalized spacial score (nSPS) is 17.6. The van der Waals surface area contributed by atoms with Crippen LogP contribution in [-0.2, 0) is 9.53 Å². The minimum absolute atomic E-state index is 0.151.